The zero-order chi connectivity index (χ0) is 12.4. The summed E-state index contributed by atoms with van der Waals surface area (Å²) in [6, 6.07) is 4.03. The van der Waals surface area contributed by atoms with Gasteiger partial charge >= 0.3 is 0 Å². The summed E-state index contributed by atoms with van der Waals surface area (Å²) in [5.41, 5.74) is 0.868. The number of thiazole rings is 1. The van der Waals surface area contributed by atoms with Gasteiger partial charge in [0.15, 0.2) is 10.1 Å². The van der Waals surface area contributed by atoms with Crippen LogP contribution in [0.25, 0.3) is 9.88 Å². The minimum Gasteiger partial charge on any atom is -0.306 e. The number of anilines is 2. The summed E-state index contributed by atoms with van der Waals surface area (Å²) >= 11 is 10.4. The van der Waals surface area contributed by atoms with Gasteiger partial charge in [0, 0.05) is 5.38 Å². The third kappa shape index (κ3) is 2.54. The smallest absolute Gasteiger partial charge is 0.212 e. The molecule has 3 heterocycles. The Morgan fingerprint density at radius 3 is 2.89 bits per heavy atom. The molecule has 0 amide bonds. The first-order chi connectivity index (χ1) is 8.85. The van der Waals surface area contributed by atoms with Gasteiger partial charge in [0.25, 0.3) is 0 Å². The molecule has 18 heavy (non-hydrogen) atoms. The van der Waals surface area contributed by atoms with E-state index < -0.39 is 0 Å². The first-order valence-corrected chi connectivity index (χ1v) is 8.11. The van der Waals surface area contributed by atoms with Crippen LogP contribution < -0.4 is 5.32 Å². The molecule has 3 rings (SSSR count). The minimum atomic E-state index is 0.425. The summed E-state index contributed by atoms with van der Waals surface area (Å²) in [4.78, 5) is 5.44. The quantitative estimate of drug-likeness (QED) is 0.733. The summed E-state index contributed by atoms with van der Waals surface area (Å²) < 4.78 is 0. The Morgan fingerprint density at radius 1 is 1.22 bits per heavy atom. The average Bonchev–Trinajstić information content (AvgIpc) is 3.10. The normalized spacial score (nSPS) is 10.7. The Balaban J connectivity index is 1.77. The van der Waals surface area contributed by atoms with E-state index in [1.54, 1.807) is 11.3 Å². The van der Waals surface area contributed by atoms with Crippen molar-refractivity contribution in [1.29, 1.82) is 0 Å². The summed E-state index contributed by atoms with van der Waals surface area (Å²) in [7, 11) is 0. The van der Waals surface area contributed by atoms with Crippen LogP contribution in [0.4, 0.5) is 10.3 Å². The lowest BCUT2D eigenvalue weighted by Gasteiger charge is -1.93. The number of nitrogens with one attached hydrogen (secondary N) is 1. The van der Waals surface area contributed by atoms with Gasteiger partial charge in [-0.1, -0.05) is 17.4 Å². The lowest BCUT2D eigenvalue weighted by atomic mass is 10.5. The van der Waals surface area contributed by atoms with E-state index in [0.717, 1.165) is 25.8 Å². The molecule has 0 aliphatic heterocycles. The van der Waals surface area contributed by atoms with Crippen LogP contribution in [0.5, 0.6) is 0 Å². The highest BCUT2D eigenvalue weighted by Crippen LogP contribution is 2.31. The molecule has 0 fully saturated rings. The Morgan fingerprint density at radius 2 is 2.17 bits per heavy atom. The molecule has 0 saturated carbocycles. The number of aromatic nitrogens is 3. The molecule has 0 unspecified atom stereocenters. The molecule has 0 spiro atoms. The molecule has 8 heteroatoms. The molecule has 0 atom stereocenters. The van der Waals surface area contributed by atoms with Crippen LogP contribution in [0.2, 0.25) is 0 Å². The molecule has 0 bridgehead atoms. The van der Waals surface area contributed by atoms with E-state index in [9.17, 15) is 0 Å². The molecule has 92 valence electrons. The van der Waals surface area contributed by atoms with E-state index in [0.29, 0.717) is 5.88 Å². The van der Waals surface area contributed by atoms with E-state index in [1.165, 1.54) is 22.7 Å². The highest BCUT2D eigenvalue weighted by Gasteiger charge is 2.09. The SMILES string of the molecule is ClCc1csc(Nc2nnc(-c3cccs3)s2)n1. The van der Waals surface area contributed by atoms with Gasteiger partial charge < -0.3 is 5.32 Å². The van der Waals surface area contributed by atoms with Crippen LogP contribution in [0, 0.1) is 0 Å². The Labute approximate surface area is 120 Å². The largest absolute Gasteiger partial charge is 0.306 e. The van der Waals surface area contributed by atoms with Gasteiger partial charge in [-0.2, -0.15) is 0 Å². The molecule has 3 aromatic rings. The third-order valence-electron chi connectivity index (χ3n) is 2.06. The summed E-state index contributed by atoms with van der Waals surface area (Å²) in [6.45, 7) is 0. The monoisotopic (exact) mass is 314 g/mol. The van der Waals surface area contributed by atoms with Crippen molar-refractivity contribution >= 4 is 55.9 Å². The molecule has 0 aliphatic rings. The van der Waals surface area contributed by atoms with E-state index in [1.807, 2.05) is 22.9 Å². The van der Waals surface area contributed by atoms with Crippen LogP contribution in [0.15, 0.2) is 22.9 Å². The van der Waals surface area contributed by atoms with Crippen molar-refractivity contribution in [3.8, 4) is 9.88 Å². The molecular weight excluding hydrogens is 308 g/mol. The maximum absolute atomic E-state index is 5.71. The van der Waals surface area contributed by atoms with Crippen molar-refractivity contribution < 1.29 is 0 Å². The van der Waals surface area contributed by atoms with E-state index in [2.05, 4.69) is 20.5 Å². The number of halogens is 1. The fraction of sp³-hybridized carbons (Fsp3) is 0.100. The Bertz CT molecular complexity index is 631. The predicted octanol–water partition coefficient (Wildman–Crippen LogP) is 4.21. The van der Waals surface area contributed by atoms with Crippen LogP contribution in [0.1, 0.15) is 5.69 Å². The van der Waals surface area contributed by atoms with Crippen LogP contribution >= 0.6 is 45.6 Å². The highest BCUT2D eigenvalue weighted by molar-refractivity contribution is 7.23. The Hall–Kier alpha value is -1.02. The van der Waals surface area contributed by atoms with Gasteiger partial charge in [0.2, 0.25) is 5.13 Å². The fourth-order valence-corrected chi connectivity index (χ4v) is 3.83. The van der Waals surface area contributed by atoms with Gasteiger partial charge in [0.1, 0.15) is 0 Å². The highest BCUT2D eigenvalue weighted by atomic mass is 35.5. The first kappa shape index (κ1) is 12.0. The first-order valence-electron chi connectivity index (χ1n) is 5.00. The number of rotatable bonds is 4. The molecule has 4 nitrogen and oxygen atoms in total. The lowest BCUT2D eigenvalue weighted by Crippen LogP contribution is -1.88. The number of thiophene rings is 1. The zero-order valence-electron chi connectivity index (χ0n) is 8.96. The number of nitrogens with zero attached hydrogens (tertiary/aromatic N) is 3. The summed E-state index contributed by atoms with van der Waals surface area (Å²) in [5, 5.41) is 17.8. The van der Waals surface area contributed by atoms with Crippen molar-refractivity contribution in [2.24, 2.45) is 0 Å². The fourth-order valence-electron chi connectivity index (χ4n) is 1.29. The second-order valence-corrected chi connectivity index (χ2v) is 6.34. The summed E-state index contributed by atoms with van der Waals surface area (Å²) in [5.74, 6) is 0.425. The standard InChI is InChI=1S/C10H7ClN4S3/c11-4-6-5-17-9(12-6)13-10-15-14-8(18-10)7-2-1-3-16-7/h1-3,5H,4H2,(H,12,13,15). The van der Waals surface area contributed by atoms with E-state index in [4.69, 9.17) is 11.6 Å². The zero-order valence-corrected chi connectivity index (χ0v) is 12.2. The van der Waals surface area contributed by atoms with Gasteiger partial charge in [-0.05, 0) is 11.4 Å². The molecule has 0 saturated heterocycles. The maximum Gasteiger partial charge on any atom is 0.212 e. The van der Waals surface area contributed by atoms with Crippen LogP contribution in [-0.4, -0.2) is 15.2 Å². The van der Waals surface area contributed by atoms with Crippen molar-refractivity contribution in [2.75, 3.05) is 5.32 Å². The second-order valence-electron chi connectivity index (χ2n) is 3.29. The van der Waals surface area contributed by atoms with Crippen LogP contribution in [0.3, 0.4) is 0 Å². The van der Waals surface area contributed by atoms with Crippen molar-refractivity contribution in [1.82, 2.24) is 15.2 Å². The third-order valence-corrected chi connectivity index (χ3v) is 5.02. The molecule has 1 N–H and O–H groups in total. The number of alkyl halides is 1. The molecule has 0 aromatic carbocycles. The number of hydrogen-bond acceptors (Lipinski definition) is 7. The second kappa shape index (κ2) is 5.31. The minimum absolute atomic E-state index is 0.425. The molecular formula is C10H7ClN4S3. The van der Waals surface area contributed by atoms with Crippen LogP contribution in [-0.2, 0) is 5.88 Å². The predicted molar refractivity (Wildman–Crippen MR) is 78.2 cm³/mol. The molecule has 3 aromatic heterocycles. The molecule has 0 radical (unpaired) electrons. The van der Waals surface area contributed by atoms with Crippen molar-refractivity contribution in [3.05, 3.63) is 28.6 Å². The number of hydrogen-bond donors (Lipinski definition) is 1. The van der Waals surface area contributed by atoms with Gasteiger partial charge in [-0.3, -0.25) is 0 Å². The van der Waals surface area contributed by atoms with Crippen molar-refractivity contribution in [2.45, 2.75) is 5.88 Å². The van der Waals surface area contributed by atoms with Crippen molar-refractivity contribution in [3.63, 3.8) is 0 Å². The van der Waals surface area contributed by atoms with E-state index >= 15 is 0 Å². The maximum atomic E-state index is 5.71. The van der Waals surface area contributed by atoms with Gasteiger partial charge in [-0.15, -0.1) is 44.5 Å². The average molecular weight is 315 g/mol. The van der Waals surface area contributed by atoms with Gasteiger partial charge in [0.05, 0.1) is 16.5 Å². The Kier molecular flexibility index (Phi) is 3.55. The molecule has 0 aliphatic carbocycles. The van der Waals surface area contributed by atoms with E-state index in [-0.39, 0.29) is 0 Å². The van der Waals surface area contributed by atoms with Gasteiger partial charge in [-0.25, -0.2) is 4.98 Å². The summed E-state index contributed by atoms with van der Waals surface area (Å²) in [6.07, 6.45) is 0. The topological polar surface area (TPSA) is 50.7 Å². The lowest BCUT2D eigenvalue weighted by molar-refractivity contribution is 1.10.